The Morgan fingerprint density at radius 3 is 2.74 bits per heavy atom. The molecule has 3 rings (SSSR count). The van der Waals surface area contributed by atoms with Crippen molar-refractivity contribution < 1.29 is 8.78 Å². The van der Waals surface area contributed by atoms with E-state index in [9.17, 15) is 8.78 Å². The van der Waals surface area contributed by atoms with Crippen LogP contribution in [0.5, 0.6) is 0 Å². The van der Waals surface area contributed by atoms with Gasteiger partial charge in [-0.15, -0.1) is 0 Å². The number of likely N-dealkylation sites (tertiary alicyclic amines) is 1. The van der Waals surface area contributed by atoms with Crippen molar-refractivity contribution in [2.75, 3.05) is 26.2 Å². The molecule has 0 unspecified atom stereocenters. The van der Waals surface area contributed by atoms with Gasteiger partial charge in [0.25, 0.3) is 0 Å². The monoisotopic (exact) mass is 376 g/mol. The zero-order valence-corrected chi connectivity index (χ0v) is 16.7. The molecule has 0 spiro atoms. The minimum absolute atomic E-state index is 0.449. The number of nitrogens with zero attached hydrogens (tertiary/aromatic N) is 1. The normalized spacial score (nSPS) is 22.5. The number of rotatable bonds is 8. The van der Waals surface area contributed by atoms with Crippen LogP contribution >= 0.6 is 0 Å². The Bertz CT molecular complexity index is 623. The standard InChI is InChI=1S/C23H34F2N2/c1-18(14-20-9-10-21(24)15-23(20)25)16-26-12-11-22-8-5-13-27(22)17-19-6-3-2-4-7-19/h9-10,14-15,19,22,26H,2-8,11-13,16-17H2,1H3/b18-14+/t22-/m0/s1. The molecular formula is C23H34F2N2. The summed E-state index contributed by atoms with van der Waals surface area (Å²) in [6.07, 6.45) is 12.8. The first kappa shape index (κ1) is 20.5. The van der Waals surface area contributed by atoms with Crippen LogP contribution in [-0.2, 0) is 0 Å². The van der Waals surface area contributed by atoms with Gasteiger partial charge in [-0.05, 0) is 70.2 Å². The third-order valence-corrected chi connectivity index (χ3v) is 6.14. The van der Waals surface area contributed by atoms with Crippen LogP contribution in [0.3, 0.4) is 0 Å². The first-order chi connectivity index (χ1) is 13.1. The molecule has 0 amide bonds. The maximum absolute atomic E-state index is 13.7. The Morgan fingerprint density at radius 1 is 1.15 bits per heavy atom. The summed E-state index contributed by atoms with van der Waals surface area (Å²) in [6.45, 7) is 6.28. The van der Waals surface area contributed by atoms with E-state index in [1.165, 1.54) is 76.6 Å². The van der Waals surface area contributed by atoms with Crippen molar-refractivity contribution in [1.82, 2.24) is 10.2 Å². The van der Waals surface area contributed by atoms with Crippen molar-refractivity contribution in [3.63, 3.8) is 0 Å². The summed E-state index contributed by atoms with van der Waals surface area (Å²) in [7, 11) is 0. The Kier molecular flexibility index (Phi) is 7.83. The van der Waals surface area contributed by atoms with Gasteiger partial charge in [-0.25, -0.2) is 8.78 Å². The predicted octanol–water partition coefficient (Wildman–Crippen LogP) is 5.39. The van der Waals surface area contributed by atoms with Gasteiger partial charge in [0.2, 0.25) is 0 Å². The van der Waals surface area contributed by atoms with Gasteiger partial charge in [0.05, 0.1) is 0 Å². The molecule has 0 aromatic heterocycles. The van der Waals surface area contributed by atoms with E-state index in [4.69, 9.17) is 0 Å². The molecule has 1 atom stereocenters. The van der Waals surface area contributed by atoms with Gasteiger partial charge in [-0.1, -0.05) is 30.9 Å². The van der Waals surface area contributed by atoms with Crippen LogP contribution in [0.15, 0.2) is 23.8 Å². The number of benzene rings is 1. The second-order valence-electron chi connectivity index (χ2n) is 8.42. The highest BCUT2D eigenvalue weighted by Crippen LogP contribution is 2.28. The molecule has 1 aromatic rings. The van der Waals surface area contributed by atoms with Crippen molar-refractivity contribution in [2.45, 2.75) is 64.3 Å². The number of nitrogens with one attached hydrogen (secondary N) is 1. The molecule has 2 nitrogen and oxygen atoms in total. The molecule has 0 radical (unpaired) electrons. The van der Waals surface area contributed by atoms with Crippen LogP contribution in [0.1, 0.15) is 63.9 Å². The minimum Gasteiger partial charge on any atom is -0.313 e. The lowest BCUT2D eigenvalue weighted by molar-refractivity contribution is 0.181. The predicted molar refractivity (Wildman–Crippen MR) is 109 cm³/mol. The fourth-order valence-corrected chi connectivity index (χ4v) is 4.65. The molecule has 4 heteroatoms. The van der Waals surface area contributed by atoms with E-state index in [1.54, 1.807) is 6.08 Å². The van der Waals surface area contributed by atoms with Crippen LogP contribution in [0.25, 0.3) is 6.08 Å². The quantitative estimate of drug-likeness (QED) is 0.612. The number of hydrogen-bond acceptors (Lipinski definition) is 2. The van der Waals surface area contributed by atoms with E-state index in [1.807, 2.05) is 6.92 Å². The highest BCUT2D eigenvalue weighted by Gasteiger charge is 2.26. The molecule has 1 saturated carbocycles. The summed E-state index contributed by atoms with van der Waals surface area (Å²) < 4.78 is 26.7. The average molecular weight is 377 g/mol. The Labute approximate surface area is 163 Å². The van der Waals surface area contributed by atoms with Crippen molar-refractivity contribution in [3.8, 4) is 0 Å². The smallest absolute Gasteiger partial charge is 0.133 e. The molecule has 150 valence electrons. The molecule has 1 heterocycles. The van der Waals surface area contributed by atoms with E-state index in [0.29, 0.717) is 5.56 Å². The van der Waals surface area contributed by atoms with E-state index in [-0.39, 0.29) is 0 Å². The van der Waals surface area contributed by atoms with Crippen LogP contribution in [0, 0.1) is 17.6 Å². The van der Waals surface area contributed by atoms with E-state index < -0.39 is 11.6 Å². The molecule has 1 saturated heterocycles. The second-order valence-corrected chi connectivity index (χ2v) is 8.42. The number of hydrogen-bond donors (Lipinski definition) is 1. The van der Waals surface area contributed by atoms with Crippen molar-refractivity contribution in [1.29, 1.82) is 0 Å². The maximum atomic E-state index is 13.7. The lowest BCUT2D eigenvalue weighted by Gasteiger charge is -2.31. The highest BCUT2D eigenvalue weighted by atomic mass is 19.1. The van der Waals surface area contributed by atoms with Gasteiger partial charge in [0, 0.05) is 30.8 Å². The summed E-state index contributed by atoms with van der Waals surface area (Å²) in [5.74, 6) is -0.114. The molecule has 1 aromatic carbocycles. The molecule has 27 heavy (non-hydrogen) atoms. The molecule has 2 fully saturated rings. The highest BCUT2D eigenvalue weighted by molar-refractivity contribution is 5.53. The van der Waals surface area contributed by atoms with Gasteiger partial charge in [-0.2, -0.15) is 0 Å². The summed E-state index contributed by atoms with van der Waals surface area (Å²) in [6, 6.07) is 4.46. The zero-order chi connectivity index (χ0) is 19.1. The van der Waals surface area contributed by atoms with E-state index >= 15 is 0 Å². The fraction of sp³-hybridized carbons (Fsp3) is 0.652. The zero-order valence-electron chi connectivity index (χ0n) is 16.7. The second kappa shape index (κ2) is 10.3. The maximum Gasteiger partial charge on any atom is 0.133 e. The van der Waals surface area contributed by atoms with Crippen molar-refractivity contribution in [2.24, 2.45) is 5.92 Å². The first-order valence-electron chi connectivity index (χ1n) is 10.7. The third kappa shape index (κ3) is 6.39. The molecular weight excluding hydrogens is 342 g/mol. The third-order valence-electron chi connectivity index (χ3n) is 6.14. The van der Waals surface area contributed by atoms with Gasteiger partial charge in [0.1, 0.15) is 11.6 Å². The molecule has 0 bridgehead atoms. The summed E-state index contributed by atoms with van der Waals surface area (Å²) >= 11 is 0. The van der Waals surface area contributed by atoms with Crippen molar-refractivity contribution >= 4 is 6.08 Å². The topological polar surface area (TPSA) is 15.3 Å². The summed E-state index contributed by atoms with van der Waals surface area (Å²) in [5.41, 5.74) is 1.51. The minimum atomic E-state index is -0.533. The summed E-state index contributed by atoms with van der Waals surface area (Å²) in [4.78, 5) is 2.73. The SMILES string of the molecule is C/C(=C\c1ccc(F)cc1F)CNCC[C@@H]1CCCN1CC1CCCCC1. The molecule has 1 N–H and O–H groups in total. The van der Waals surface area contributed by atoms with Crippen molar-refractivity contribution in [3.05, 3.63) is 41.0 Å². The van der Waals surface area contributed by atoms with Crippen LogP contribution in [0.4, 0.5) is 8.78 Å². The molecule has 2 aliphatic rings. The largest absolute Gasteiger partial charge is 0.313 e. The van der Waals surface area contributed by atoms with Crippen LogP contribution in [-0.4, -0.2) is 37.1 Å². The first-order valence-corrected chi connectivity index (χ1v) is 10.7. The lowest BCUT2D eigenvalue weighted by atomic mass is 9.89. The van der Waals surface area contributed by atoms with Crippen LogP contribution in [0.2, 0.25) is 0 Å². The van der Waals surface area contributed by atoms with Gasteiger partial charge in [-0.3, -0.25) is 0 Å². The lowest BCUT2D eigenvalue weighted by Crippen LogP contribution is -2.36. The van der Waals surface area contributed by atoms with E-state index in [0.717, 1.165) is 36.7 Å². The van der Waals surface area contributed by atoms with Gasteiger partial charge >= 0.3 is 0 Å². The van der Waals surface area contributed by atoms with Gasteiger partial charge in [0.15, 0.2) is 0 Å². The van der Waals surface area contributed by atoms with E-state index in [2.05, 4.69) is 10.2 Å². The van der Waals surface area contributed by atoms with Gasteiger partial charge < -0.3 is 10.2 Å². The Balaban J connectivity index is 1.39. The fourth-order valence-electron chi connectivity index (χ4n) is 4.65. The summed E-state index contributed by atoms with van der Waals surface area (Å²) in [5, 5.41) is 3.50. The Morgan fingerprint density at radius 2 is 1.96 bits per heavy atom. The Hall–Kier alpha value is -1.26. The molecule has 1 aliphatic carbocycles. The molecule has 1 aliphatic heterocycles. The average Bonchev–Trinajstić information content (AvgIpc) is 3.09. The van der Waals surface area contributed by atoms with Crippen LogP contribution < -0.4 is 5.32 Å². The number of halogens is 2.